The van der Waals surface area contributed by atoms with E-state index >= 15 is 0 Å². The smallest absolute Gasteiger partial charge is 0.381 e. The van der Waals surface area contributed by atoms with Gasteiger partial charge in [-0.1, -0.05) is 57.9 Å². The van der Waals surface area contributed by atoms with Crippen LogP contribution in [0.4, 0.5) is 0 Å². The minimum atomic E-state index is -1.05. The van der Waals surface area contributed by atoms with E-state index in [-0.39, 0.29) is 16.7 Å². The van der Waals surface area contributed by atoms with Gasteiger partial charge in [0.1, 0.15) is 0 Å². The van der Waals surface area contributed by atoms with Crippen LogP contribution in [0.3, 0.4) is 0 Å². The highest BCUT2D eigenvalue weighted by atomic mass is 16.4. The maximum absolute atomic E-state index is 10.8. The predicted octanol–water partition coefficient (Wildman–Crippen LogP) is 4.92. The standard InChI is InChI=1S/C22H26O2/c1-21(2)12-13-22(3,4)19-14-16(8-10-18(19)21)17-7-5-6-15(17)9-11-20(23)24/h7-8,10,14-15H,5-6,12-13H2,1-4H3,(H,23,24). The van der Waals surface area contributed by atoms with Crippen LogP contribution in [0.2, 0.25) is 0 Å². The highest BCUT2D eigenvalue weighted by Crippen LogP contribution is 2.47. The largest absolute Gasteiger partial charge is 0.472 e. The number of hydrogen-bond acceptors (Lipinski definition) is 1. The van der Waals surface area contributed by atoms with E-state index in [1.54, 1.807) is 0 Å². The Labute approximate surface area is 145 Å². The van der Waals surface area contributed by atoms with Crippen molar-refractivity contribution in [1.29, 1.82) is 0 Å². The molecule has 2 nitrogen and oxygen atoms in total. The second kappa shape index (κ2) is 5.81. The molecule has 1 unspecified atom stereocenters. The second-order valence-corrected chi connectivity index (χ2v) is 8.39. The van der Waals surface area contributed by atoms with Crippen LogP contribution in [0.15, 0.2) is 24.3 Å². The van der Waals surface area contributed by atoms with Gasteiger partial charge in [0, 0.05) is 11.8 Å². The topological polar surface area (TPSA) is 37.3 Å². The summed E-state index contributed by atoms with van der Waals surface area (Å²) in [5.41, 5.74) is 5.70. The lowest BCUT2D eigenvalue weighted by Crippen LogP contribution is -2.33. The molecule has 0 bridgehead atoms. The Bertz CT molecular complexity index is 769. The zero-order valence-corrected chi connectivity index (χ0v) is 15.1. The summed E-state index contributed by atoms with van der Waals surface area (Å²) < 4.78 is 0. The number of carbonyl (C=O) groups is 1. The summed E-state index contributed by atoms with van der Waals surface area (Å²) in [6, 6.07) is 6.82. The first-order chi connectivity index (χ1) is 11.2. The van der Waals surface area contributed by atoms with Gasteiger partial charge in [0.05, 0.1) is 0 Å². The van der Waals surface area contributed by atoms with Gasteiger partial charge < -0.3 is 5.11 Å². The molecule has 0 heterocycles. The van der Waals surface area contributed by atoms with E-state index < -0.39 is 5.97 Å². The Hall–Kier alpha value is -2.01. The Morgan fingerprint density at radius 3 is 2.46 bits per heavy atom. The molecule has 1 aromatic carbocycles. The number of hydrogen-bond donors (Lipinski definition) is 1. The third-order valence-electron chi connectivity index (χ3n) is 5.73. The summed E-state index contributed by atoms with van der Waals surface area (Å²) in [5, 5.41) is 8.82. The van der Waals surface area contributed by atoms with Gasteiger partial charge in [-0.05, 0) is 58.8 Å². The molecule has 0 spiro atoms. The molecule has 0 amide bonds. The average Bonchev–Trinajstić information content (AvgIpc) is 2.98. The van der Waals surface area contributed by atoms with Gasteiger partial charge in [0.25, 0.3) is 0 Å². The molecule has 0 saturated heterocycles. The van der Waals surface area contributed by atoms with Crippen LogP contribution in [0, 0.1) is 17.8 Å². The van der Waals surface area contributed by atoms with Crippen molar-refractivity contribution in [3.8, 4) is 11.8 Å². The highest BCUT2D eigenvalue weighted by Gasteiger charge is 2.37. The number of allylic oxidation sites excluding steroid dienone is 2. The Morgan fingerprint density at radius 1 is 1.12 bits per heavy atom. The van der Waals surface area contributed by atoms with Gasteiger partial charge >= 0.3 is 5.97 Å². The first-order valence-electron chi connectivity index (χ1n) is 8.81. The van der Waals surface area contributed by atoms with Crippen molar-refractivity contribution in [2.45, 2.75) is 64.2 Å². The zero-order chi connectivity index (χ0) is 17.5. The van der Waals surface area contributed by atoms with E-state index in [0.29, 0.717) is 0 Å². The molecule has 1 aromatic rings. The number of benzene rings is 1. The van der Waals surface area contributed by atoms with Crippen molar-refractivity contribution in [1.82, 2.24) is 0 Å². The van der Waals surface area contributed by atoms with Crippen LogP contribution in [0.1, 0.15) is 70.1 Å². The molecule has 0 aromatic heterocycles. The Kier molecular flexibility index (Phi) is 4.08. The number of carboxylic acid groups (broad SMARTS) is 1. The molecule has 0 aliphatic heterocycles. The lowest BCUT2D eigenvalue weighted by atomic mass is 9.63. The Morgan fingerprint density at radius 2 is 1.79 bits per heavy atom. The lowest BCUT2D eigenvalue weighted by molar-refractivity contribution is -0.130. The van der Waals surface area contributed by atoms with Gasteiger partial charge in [-0.3, -0.25) is 0 Å². The van der Waals surface area contributed by atoms with Gasteiger partial charge in [-0.15, -0.1) is 0 Å². The zero-order valence-electron chi connectivity index (χ0n) is 15.1. The summed E-state index contributed by atoms with van der Waals surface area (Å²) in [7, 11) is 0. The minimum absolute atomic E-state index is 0.0406. The molecular weight excluding hydrogens is 296 g/mol. The van der Waals surface area contributed by atoms with Crippen molar-refractivity contribution < 1.29 is 9.90 Å². The van der Waals surface area contributed by atoms with Crippen LogP contribution in [-0.2, 0) is 15.6 Å². The van der Waals surface area contributed by atoms with E-state index in [4.69, 9.17) is 5.11 Å². The fraction of sp³-hybridized carbons (Fsp3) is 0.500. The molecular formula is C22H26O2. The Balaban J connectivity index is 2.03. The third kappa shape index (κ3) is 3.00. The summed E-state index contributed by atoms with van der Waals surface area (Å²) in [6.45, 7) is 9.32. The van der Waals surface area contributed by atoms with Crippen molar-refractivity contribution >= 4 is 11.5 Å². The molecule has 126 valence electrons. The molecule has 1 atom stereocenters. The van der Waals surface area contributed by atoms with E-state index in [0.717, 1.165) is 12.8 Å². The molecule has 0 saturated carbocycles. The van der Waals surface area contributed by atoms with Crippen LogP contribution in [-0.4, -0.2) is 11.1 Å². The summed E-state index contributed by atoms with van der Waals surface area (Å²) in [5.74, 6) is 4.23. The summed E-state index contributed by atoms with van der Waals surface area (Å²) in [4.78, 5) is 10.8. The molecule has 0 fully saturated rings. The molecule has 1 N–H and O–H groups in total. The molecule has 0 radical (unpaired) electrons. The molecule has 2 aliphatic rings. The van der Waals surface area contributed by atoms with Crippen molar-refractivity contribution in [3.63, 3.8) is 0 Å². The molecule has 24 heavy (non-hydrogen) atoms. The van der Waals surface area contributed by atoms with E-state index in [1.165, 1.54) is 35.1 Å². The monoisotopic (exact) mass is 322 g/mol. The second-order valence-electron chi connectivity index (χ2n) is 8.39. The van der Waals surface area contributed by atoms with Gasteiger partial charge in [0.2, 0.25) is 0 Å². The maximum atomic E-state index is 10.8. The van der Waals surface area contributed by atoms with Crippen LogP contribution >= 0.6 is 0 Å². The molecule has 2 aliphatic carbocycles. The minimum Gasteiger partial charge on any atom is -0.472 e. The first kappa shape index (κ1) is 16.8. The summed E-state index contributed by atoms with van der Waals surface area (Å²) in [6.07, 6.45) is 6.52. The van der Waals surface area contributed by atoms with Crippen LogP contribution in [0.25, 0.3) is 5.57 Å². The van der Waals surface area contributed by atoms with Crippen molar-refractivity contribution in [3.05, 3.63) is 41.0 Å². The fourth-order valence-corrected chi connectivity index (χ4v) is 4.09. The van der Waals surface area contributed by atoms with Crippen molar-refractivity contribution in [2.24, 2.45) is 5.92 Å². The van der Waals surface area contributed by atoms with Gasteiger partial charge in [-0.25, -0.2) is 4.79 Å². The quantitative estimate of drug-likeness (QED) is 0.745. The van der Waals surface area contributed by atoms with Gasteiger partial charge in [-0.2, -0.15) is 0 Å². The average molecular weight is 322 g/mol. The lowest BCUT2D eigenvalue weighted by Gasteiger charge is -2.42. The maximum Gasteiger partial charge on any atom is 0.381 e. The number of rotatable bonds is 1. The molecule has 2 heteroatoms. The van der Waals surface area contributed by atoms with Crippen LogP contribution < -0.4 is 0 Å². The number of fused-ring (bicyclic) bond motifs is 1. The number of carboxylic acids is 1. The number of aliphatic carboxylic acids is 1. The summed E-state index contributed by atoms with van der Waals surface area (Å²) >= 11 is 0. The SMILES string of the molecule is CC1(C)CCC(C)(C)c2cc(C3=CCCC3C#CC(=O)O)ccc21. The van der Waals surface area contributed by atoms with E-state index in [9.17, 15) is 4.79 Å². The fourth-order valence-electron chi connectivity index (χ4n) is 4.09. The third-order valence-corrected chi connectivity index (χ3v) is 5.73. The van der Waals surface area contributed by atoms with Crippen molar-refractivity contribution in [2.75, 3.05) is 0 Å². The van der Waals surface area contributed by atoms with E-state index in [1.807, 2.05) is 0 Å². The first-order valence-corrected chi connectivity index (χ1v) is 8.81. The molecule has 3 rings (SSSR count). The highest BCUT2D eigenvalue weighted by molar-refractivity contribution is 5.87. The normalized spacial score (nSPS) is 23.7. The van der Waals surface area contributed by atoms with Gasteiger partial charge in [0.15, 0.2) is 0 Å². The van der Waals surface area contributed by atoms with E-state index in [2.05, 4.69) is 63.8 Å². The van der Waals surface area contributed by atoms with Crippen LogP contribution in [0.5, 0.6) is 0 Å². The predicted molar refractivity (Wildman–Crippen MR) is 97.8 cm³/mol.